The first kappa shape index (κ1) is 12.4. The van der Waals surface area contributed by atoms with Gasteiger partial charge in [-0.15, -0.1) is 0 Å². The molecule has 0 bridgehead atoms. The minimum atomic E-state index is 0.0149. The van der Waals surface area contributed by atoms with Gasteiger partial charge in [0.2, 0.25) is 0 Å². The summed E-state index contributed by atoms with van der Waals surface area (Å²) in [6.45, 7) is 3.94. The first-order valence-corrected chi connectivity index (χ1v) is 6.99. The molecule has 2 fully saturated rings. The number of amides is 1. The van der Waals surface area contributed by atoms with E-state index in [0.717, 1.165) is 26.1 Å². The third-order valence-electron chi connectivity index (χ3n) is 4.09. The summed E-state index contributed by atoms with van der Waals surface area (Å²) in [7, 11) is 0. The van der Waals surface area contributed by atoms with Crippen LogP contribution in [0.2, 0.25) is 0 Å². The van der Waals surface area contributed by atoms with Gasteiger partial charge in [0.05, 0.1) is 0 Å². The number of carbonyl (C=O) groups is 1. The van der Waals surface area contributed by atoms with Crippen LogP contribution in [-0.2, 0) is 0 Å². The highest BCUT2D eigenvalue weighted by molar-refractivity contribution is 5.93. The molecular weight excluding hydrogens is 240 g/mol. The Balaban J connectivity index is 1.75. The maximum Gasteiger partial charge on any atom is 0.272 e. The number of fused-ring (bicyclic) bond motifs is 1. The maximum absolute atomic E-state index is 12.5. The van der Waals surface area contributed by atoms with Crippen LogP contribution in [-0.4, -0.2) is 52.9 Å². The standard InChI is InChI=1S/C14H20N4O/c15-11-4-5-16-13(9-11)14(19)18-8-2-7-17-6-1-3-12(17)10-18/h4-5,9,12H,1-3,6-8,10H2,(H2,15,16). The van der Waals surface area contributed by atoms with Crippen LogP contribution in [0, 0.1) is 0 Å². The van der Waals surface area contributed by atoms with Gasteiger partial charge in [-0.3, -0.25) is 14.7 Å². The number of carbonyl (C=O) groups excluding carboxylic acids is 1. The topological polar surface area (TPSA) is 62.5 Å². The highest BCUT2D eigenvalue weighted by Gasteiger charge is 2.31. The van der Waals surface area contributed by atoms with Gasteiger partial charge < -0.3 is 10.6 Å². The molecule has 1 amide bonds. The Hall–Kier alpha value is -1.62. The third kappa shape index (κ3) is 2.56. The van der Waals surface area contributed by atoms with E-state index in [4.69, 9.17) is 5.73 Å². The van der Waals surface area contributed by atoms with Crippen molar-refractivity contribution in [2.24, 2.45) is 0 Å². The van der Waals surface area contributed by atoms with Crippen molar-refractivity contribution in [1.29, 1.82) is 0 Å². The second-order valence-corrected chi connectivity index (χ2v) is 5.41. The van der Waals surface area contributed by atoms with Gasteiger partial charge in [-0.1, -0.05) is 0 Å². The summed E-state index contributed by atoms with van der Waals surface area (Å²) < 4.78 is 0. The van der Waals surface area contributed by atoms with Gasteiger partial charge in [0.1, 0.15) is 5.69 Å². The fourth-order valence-electron chi connectivity index (χ4n) is 3.12. The van der Waals surface area contributed by atoms with Gasteiger partial charge >= 0.3 is 0 Å². The number of nitrogen functional groups attached to an aromatic ring is 1. The molecule has 0 aliphatic carbocycles. The van der Waals surface area contributed by atoms with E-state index in [-0.39, 0.29) is 5.91 Å². The molecule has 102 valence electrons. The molecular formula is C14H20N4O. The zero-order valence-corrected chi connectivity index (χ0v) is 11.1. The van der Waals surface area contributed by atoms with E-state index in [9.17, 15) is 4.79 Å². The lowest BCUT2D eigenvalue weighted by atomic mass is 10.2. The molecule has 2 saturated heterocycles. The highest BCUT2D eigenvalue weighted by Crippen LogP contribution is 2.22. The molecule has 0 aromatic carbocycles. The molecule has 1 unspecified atom stereocenters. The van der Waals surface area contributed by atoms with Gasteiger partial charge in [-0.25, -0.2) is 0 Å². The summed E-state index contributed by atoms with van der Waals surface area (Å²) in [4.78, 5) is 21.1. The summed E-state index contributed by atoms with van der Waals surface area (Å²) >= 11 is 0. The van der Waals surface area contributed by atoms with Crippen molar-refractivity contribution in [3.63, 3.8) is 0 Å². The Bertz CT molecular complexity index is 476. The molecule has 1 aromatic heterocycles. The van der Waals surface area contributed by atoms with Gasteiger partial charge in [0.25, 0.3) is 5.91 Å². The van der Waals surface area contributed by atoms with Crippen LogP contribution in [0.15, 0.2) is 18.3 Å². The first-order valence-electron chi connectivity index (χ1n) is 6.99. The number of nitrogens with two attached hydrogens (primary N) is 1. The van der Waals surface area contributed by atoms with E-state index in [1.165, 1.54) is 19.4 Å². The summed E-state index contributed by atoms with van der Waals surface area (Å²) in [5.41, 5.74) is 6.78. The summed E-state index contributed by atoms with van der Waals surface area (Å²) in [5, 5.41) is 0. The first-order chi connectivity index (χ1) is 9.24. The Kier molecular flexibility index (Phi) is 3.38. The number of hydrogen-bond donors (Lipinski definition) is 1. The third-order valence-corrected chi connectivity index (χ3v) is 4.09. The Morgan fingerprint density at radius 2 is 2.16 bits per heavy atom. The lowest BCUT2D eigenvalue weighted by Crippen LogP contribution is -2.39. The molecule has 0 spiro atoms. The molecule has 3 rings (SSSR count). The summed E-state index contributed by atoms with van der Waals surface area (Å²) in [6.07, 6.45) is 5.10. The monoisotopic (exact) mass is 260 g/mol. The van der Waals surface area contributed by atoms with E-state index in [1.807, 2.05) is 4.90 Å². The number of aromatic nitrogens is 1. The number of pyridine rings is 1. The van der Waals surface area contributed by atoms with Crippen LogP contribution < -0.4 is 5.73 Å². The van der Waals surface area contributed by atoms with Crippen molar-refractivity contribution in [3.8, 4) is 0 Å². The van der Waals surface area contributed by atoms with Crippen LogP contribution >= 0.6 is 0 Å². The van der Waals surface area contributed by atoms with E-state index < -0.39 is 0 Å². The number of anilines is 1. The molecule has 19 heavy (non-hydrogen) atoms. The highest BCUT2D eigenvalue weighted by atomic mass is 16.2. The summed E-state index contributed by atoms with van der Waals surface area (Å²) in [6, 6.07) is 3.91. The Labute approximate surface area is 113 Å². The van der Waals surface area contributed by atoms with E-state index in [2.05, 4.69) is 9.88 Å². The van der Waals surface area contributed by atoms with Crippen molar-refractivity contribution >= 4 is 11.6 Å². The van der Waals surface area contributed by atoms with E-state index >= 15 is 0 Å². The molecule has 5 heteroatoms. The van der Waals surface area contributed by atoms with Crippen LogP contribution in [0.1, 0.15) is 29.8 Å². The second kappa shape index (κ2) is 5.17. The van der Waals surface area contributed by atoms with Crippen molar-refractivity contribution in [2.75, 3.05) is 31.9 Å². The summed E-state index contributed by atoms with van der Waals surface area (Å²) in [5.74, 6) is 0.0149. The molecule has 3 heterocycles. The molecule has 2 aliphatic heterocycles. The second-order valence-electron chi connectivity index (χ2n) is 5.41. The van der Waals surface area contributed by atoms with Crippen molar-refractivity contribution < 1.29 is 4.79 Å². The zero-order valence-electron chi connectivity index (χ0n) is 11.1. The van der Waals surface area contributed by atoms with Crippen LogP contribution in [0.4, 0.5) is 5.69 Å². The number of hydrogen-bond acceptors (Lipinski definition) is 4. The minimum absolute atomic E-state index is 0.0149. The van der Waals surface area contributed by atoms with Gasteiger partial charge in [0.15, 0.2) is 0 Å². The van der Waals surface area contributed by atoms with Crippen molar-refractivity contribution in [1.82, 2.24) is 14.8 Å². The fourth-order valence-corrected chi connectivity index (χ4v) is 3.12. The maximum atomic E-state index is 12.5. The lowest BCUT2D eigenvalue weighted by molar-refractivity contribution is 0.0737. The normalized spacial score (nSPS) is 24.0. The van der Waals surface area contributed by atoms with Gasteiger partial charge in [-0.2, -0.15) is 0 Å². The molecule has 5 nitrogen and oxygen atoms in total. The average Bonchev–Trinajstić information content (AvgIpc) is 2.75. The van der Waals surface area contributed by atoms with Crippen molar-refractivity contribution in [2.45, 2.75) is 25.3 Å². The van der Waals surface area contributed by atoms with E-state index in [1.54, 1.807) is 18.3 Å². The fraction of sp³-hybridized carbons (Fsp3) is 0.571. The van der Waals surface area contributed by atoms with Gasteiger partial charge in [-0.05, 0) is 37.9 Å². The number of nitrogens with zero attached hydrogens (tertiary/aromatic N) is 3. The molecule has 0 radical (unpaired) electrons. The number of rotatable bonds is 1. The minimum Gasteiger partial charge on any atom is -0.399 e. The Morgan fingerprint density at radius 1 is 1.32 bits per heavy atom. The molecule has 2 aliphatic rings. The lowest BCUT2D eigenvalue weighted by Gasteiger charge is -2.25. The predicted octanol–water partition coefficient (Wildman–Crippen LogP) is 0.974. The SMILES string of the molecule is Nc1ccnc(C(=O)N2CCCN3CCCC3C2)c1. The van der Waals surface area contributed by atoms with Gasteiger partial charge in [0, 0.05) is 37.6 Å². The molecule has 2 N–H and O–H groups in total. The smallest absolute Gasteiger partial charge is 0.272 e. The Morgan fingerprint density at radius 3 is 3.00 bits per heavy atom. The van der Waals surface area contributed by atoms with Crippen molar-refractivity contribution in [3.05, 3.63) is 24.0 Å². The zero-order chi connectivity index (χ0) is 13.2. The van der Waals surface area contributed by atoms with Crippen LogP contribution in [0.3, 0.4) is 0 Å². The molecule has 1 atom stereocenters. The molecule has 1 aromatic rings. The quantitative estimate of drug-likeness (QED) is 0.817. The predicted molar refractivity (Wildman–Crippen MR) is 73.8 cm³/mol. The van der Waals surface area contributed by atoms with Crippen LogP contribution in [0.25, 0.3) is 0 Å². The average molecular weight is 260 g/mol. The molecule has 0 saturated carbocycles. The largest absolute Gasteiger partial charge is 0.399 e. The van der Waals surface area contributed by atoms with E-state index in [0.29, 0.717) is 17.4 Å². The van der Waals surface area contributed by atoms with Crippen LogP contribution in [0.5, 0.6) is 0 Å².